The highest BCUT2D eigenvalue weighted by atomic mass is 28.5. The maximum Gasteiger partial charge on any atom is 0.505 e. The number of esters is 1. The van der Waals surface area contributed by atoms with Crippen molar-refractivity contribution in [3.8, 4) is 0 Å². The molecule has 0 bridgehead atoms. The maximum absolute atomic E-state index is 12.4. The van der Waals surface area contributed by atoms with Gasteiger partial charge in [-0.3, -0.25) is 10.1 Å². The van der Waals surface area contributed by atoms with Crippen LogP contribution in [0.15, 0.2) is 24.5 Å². The second-order valence-electron chi connectivity index (χ2n) is 7.21. The molecule has 0 heterocycles. The van der Waals surface area contributed by atoms with E-state index in [9.17, 15) is 10.1 Å². The van der Waals surface area contributed by atoms with Gasteiger partial charge in [-0.15, -0.1) is 0 Å². The van der Waals surface area contributed by atoms with E-state index in [-0.39, 0.29) is 30.1 Å². The second-order valence-corrected chi connectivity index (χ2v) is 12.8. The number of carbonyl (C=O) groups excluding carboxylic acids is 1. The number of allylic oxidation sites excluding steroid dienone is 1. The van der Waals surface area contributed by atoms with Crippen LogP contribution in [-0.4, -0.2) is 61.4 Å². The smallest absolute Gasteiger partial charge is 0.432 e. The Labute approximate surface area is 176 Å². The van der Waals surface area contributed by atoms with Gasteiger partial charge in [0.15, 0.2) is 0 Å². The van der Waals surface area contributed by atoms with Crippen LogP contribution in [-0.2, 0) is 36.2 Å². The van der Waals surface area contributed by atoms with E-state index in [1.165, 1.54) is 14.2 Å². The third-order valence-electron chi connectivity index (χ3n) is 3.52. The van der Waals surface area contributed by atoms with Crippen molar-refractivity contribution in [1.82, 2.24) is 0 Å². The van der Waals surface area contributed by atoms with Gasteiger partial charge in [-0.05, 0) is 47.1 Å². The minimum absolute atomic E-state index is 0.0443. The Morgan fingerprint density at radius 2 is 1.45 bits per heavy atom. The molecule has 29 heavy (non-hydrogen) atoms. The first-order valence-corrected chi connectivity index (χ1v) is 13.2. The van der Waals surface area contributed by atoms with Crippen LogP contribution in [0, 0.1) is 0 Å². The van der Waals surface area contributed by atoms with Crippen LogP contribution in [0.3, 0.4) is 0 Å². The van der Waals surface area contributed by atoms with Gasteiger partial charge in [0, 0.05) is 26.4 Å². The molecule has 0 aromatic carbocycles. The van der Waals surface area contributed by atoms with Crippen molar-refractivity contribution in [3.63, 3.8) is 0 Å². The third kappa shape index (κ3) is 10.1. The SMILES string of the molecule is C=C(C)OC(=O)C[Si](OC)(OC(C)C)O[Si](CC(OO)C(=C)C)(OC)OC(C)C. The van der Waals surface area contributed by atoms with E-state index < -0.39 is 29.7 Å². The molecule has 3 atom stereocenters. The molecule has 1 N–H and O–H groups in total. The maximum atomic E-state index is 12.4. The average Bonchev–Trinajstić information content (AvgIpc) is 2.57. The summed E-state index contributed by atoms with van der Waals surface area (Å²) in [6.07, 6.45) is -1.39. The molecule has 0 aliphatic heterocycles. The topological polar surface area (TPSA) is 102 Å². The molecule has 0 rings (SSSR count). The summed E-state index contributed by atoms with van der Waals surface area (Å²) in [6, 6.07) is -0.228. The van der Waals surface area contributed by atoms with Gasteiger partial charge in [0.05, 0.1) is 11.8 Å². The molecule has 11 heteroatoms. The largest absolute Gasteiger partial charge is 0.505 e. The summed E-state index contributed by atoms with van der Waals surface area (Å²) < 4.78 is 34.7. The fraction of sp³-hybridized carbons (Fsp3) is 0.722. The Morgan fingerprint density at radius 3 is 1.79 bits per heavy atom. The van der Waals surface area contributed by atoms with Crippen LogP contribution >= 0.6 is 0 Å². The van der Waals surface area contributed by atoms with Gasteiger partial charge in [0.1, 0.15) is 12.1 Å². The lowest BCUT2D eigenvalue weighted by atomic mass is 10.2. The Hall–Kier alpha value is -0.896. The Morgan fingerprint density at radius 1 is 0.966 bits per heavy atom. The van der Waals surface area contributed by atoms with Crippen molar-refractivity contribution in [3.05, 3.63) is 24.5 Å². The summed E-state index contributed by atoms with van der Waals surface area (Å²) in [5.41, 5.74) is 0.550. The van der Waals surface area contributed by atoms with E-state index in [2.05, 4.69) is 18.0 Å². The zero-order valence-corrected chi connectivity index (χ0v) is 20.8. The Bertz CT molecular complexity index is 555. The highest BCUT2D eigenvalue weighted by Crippen LogP contribution is 2.30. The van der Waals surface area contributed by atoms with Crippen LogP contribution in [0.1, 0.15) is 41.5 Å². The third-order valence-corrected chi connectivity index (χ3v) is 10.5. The molecular formula is C18H36O9Si2. The van der Waals surface area contributed by atoms with Gasteiger partial charge in [0.2, 0.25) is 0 Å². The summed E-state index contributed by atoms with van der Waals surface area (Å²) in [6.45, 7) is 17.8. The standard InChI is InChI=1S/C18H36O9Si2/c1-13(2)17(24-20)11-28(21-9,25-15(5)6)27-29(22-10,26-16(7)8)12-18(19)23-14(3)4/h15-17,20H,1,3,11-12H2,2,4-10H3. The van der Waals surface area contributed by atoms with Gasteiger partial charge in [-0.1, -0.05) is 13.2 Å². The number of rotatable bonds is 15. The van der Waals surface area contributed by atoms with E-state index in [0.29, 0.717) is 5.57 Å². The lowest BCUT2D eigenvalue weighted by Gasteiger charge is -2.39. The number of ether oxygens (including phenoxy) is 1. The summed E-state index contributed by atoms with van der Waals surface area (Å²) in [5.74, 6) is -0.367. The quantitative estimate of drug-likeness (QED) is 0.0998. The minimum Gasteiger partial charge on any atom is -0.432 e. The first kappa shape index (κ1) is 28.1. The molecule has 0 fully saturated rings. The van der Waals surface area contributed by atoms with Crippen LogP contribution in [0.25, 0.3) is 0 Å². The summed E-state index contributed by atoms with van der Waals surface area (Å²) in [7, 11) is -4.42. The summed E-state index contributed by atoms with van der Waals surface area (Å²) in [5, 5.41) is 9.29. The highest BCUT2D eigenvalue weighted by Gasteiger charge is 2.56. The number of hydrogen-bond donors (Lipinski definition) is 1. The van der Waals surface area contributed by atoms with Crippen molar-refractivity contribution >= 4 is 23.6 Å². The van der Waals surface area contributed by atoms with Gasteiger partial charge in [-0.25, -0.2) is 4.89 Å². The first-order chi connectivity index (χ1) is 13.3. The molecule has 0 saturated heterocycles. The molecule has 0 aromatic rings. The molecule has 0 spiro atoms. The van der Waals surface area contributed by atoms with E-state index in [1.54, 1.807) is 27.7 Å². The van der Waals surface area contributed by atoms with Crippen LogP contribution in [0.4, 0.5) is 0 Å². The molecule has 0 aromatic heterocycles. The van der Waals surface area contributed by atoms with Crippen molar-refractivity contribution < 1.29 is 41.5 Å². The number of carbonyl (C=O) groups is 1. The average molecular weight is 453 g/mol. The summed E-state index contributed by atoms with van der Waals surface area (Å²) >= 11 is 0. The van der Waals surface area contributed by atoms with Crippen LogP contribution in [0.2, 0.25) is 12.1 Å². The second kappa shape index (κ2) is 12.7. The van der Waals surface area contributed by atoms with Crippen molar-refractivity contribution in [2.45, 2.75) is 71.9 Å². The van der Waals surface area contributed by atoms with Gasteiger partial charge >= 0.3 is 23.6 Å². The van der Waals surface area contributed by atoms with Crippen molar-refractivity contribution in [2.75, 3.05) is 14.2 Å². The molecule has 3 unspecified atom stereocenters. The fourth-order valence-corrected chi connectivity index (χ4v) is 9.43. The molecule has 0 amide bonds. The van der Waals surface area contributed by atoms with E-state index in [4.69, 9.17) is 26.6 Å². The van der Waals surface area contributed by atoms with Gasteiger partial charge in [-0.2, -0.15) is 0 Å². The van der Waals surface area contributed by atoms with E-state index >= 15 is 0 Å². The molecule has 9 nitrogen and oxygen atoms in total. The Kier molecular flexibility index (Phi) is 12.3. The first-order valence-electron chi connectivity index (χ1n) is 9.32. The van der Waals surface area contributed by atoms with Crippen LogP contribution < -0.4 is 0 Å². The van der Waals surface area contributed by atoms with E-state index in [1.807, 2.05) is 13.8 Å². The highest BCUT2D eigenvalue weighted by molar-refractivity contribution is 6.76. The van der Waals surface area contributed by atoms with Gasteiger partial charge in [0.25, 0.3) is 0 Å². The predicted octanol–water partition coefficient (Wildman–Crippen LogP) is 3.53. The molecule has 0 aliphatic carbocycles. The monoisotopic (exact) mass is 452 g/mol. The Balaban J connectivity index is 6.07. The fourth-order valence-electron chi connectivity index (χ4n) is 2.44. The molecule has 170 valence electrons. The molecular weight excluding hydrogens is 416 g/mol. The molecule has 0 saturated carbocycles. The van der Waals surface area contributed by atoms with E-state index in [0.717, 1.165) is 0 Å². The lowest BCUT2D eigenvalue weighted by molar-refractivity contribution is -0.265. The molecule has 0 aliphatic rings. The minimum atomic E-state index is -3.67. The van der Waals surface area contributed by atoms with Crippen molar-refractivity contribution in [2.24, 2.45) is 0 Å². The normalized spacial score (nSPS) is 16.9. The van der Waals surface area contributed by atoms with Crippen LogP contribution in [0.5, 0.6) is 0 Å². The molecule has 0 radical (unpaired) electrons. The summed E-state index contributed by atoms with van der Waals surface area (Å²) in [4.78, 5) is 16.9. The predicted molar refractivity (Wildman–Crippen MR) is 112 cm³/mol. The zero-order valence-electron chi connectivity index (χ0n) is 18.8. The van der Waals surface area contributed by atoms with Crippen molar-refractivity contribution in [1.29, 1.82) is 0 Å². The van der Waals surface area contributed by atoms with Gasteiger partial charge < -0.3 is 26.6 Å². The lowest BCUT2D eigenvalue weighted by Crippen LogP contribution is -2.61. The zero-order chi connectivity index (χ0) is 22.8. The number of hydrogen-bond acceptors (Lipinski definition) is 9.